The summed E-state index contributed by atoms with van der Waals surface area (Å²) < 4.78 is 29.6. The molecule has 1 atom stereocenters. The van der Waals surface area contributed by atoms with Crippen molar-refractivity contribution in [3.63, 3.8) is 0 Å². The first kappa shape index (κ1) is 17.1. The fourth-order valence-electron chi connectivity index (χ4n) is 2.63. The summed E-state index contributed by atoms with van der Waals surface area (Å²) in [6.07, 6.45) is 0.879. The van der Waals surface area contributed by atoms with Gasteiger partial charge in [-0.2, -0.15) is 8.78 Å². The number of alkyl halides is 2. The lowest BCUT2D eigenvalue weighted by molar-refractivity contribution is -0.0512. The van der Waals surface area contributed by atoms with Crippen LogP contribution in [0.25, 0.3) is 0 Å². The summed E-state index contributed by atoms with van der Waals surface area (Å²) in [4.78, 5) is 2.32. The number of halogens is 3. The van der Waals surface area contributed by atoms with Crippen molar-refractivity contribution >= 4 is 12.4 Å². The Labute approximate surface area is 124 Å². The second kappa shape index (κ2) is 8.39. The quantitative estimate of drug-likeness (QED) is 0.905. The van der Waals surface area contributed by atoms with E-state index in [0.29, 0.717) is 5.75 Å². The molecule has 1 aromatic rings. The fourth-order valence-corrected chi connectivity index (χ4v) is 2.63. The summed E-state index contributed by atoms with van der Waals surface area (Å²) in [5, 5.41) is 3.30. The van der Waals surface area contributed by atoms with Crippen molar-refractivity contribution in [1.29, 1.82) is 0 Å². The topological polar surface area (TPSA) is 24.5 Å². The monoisotopic (exact) mass is 306 g/mol. The highest BCUT2D eigenvalue weighted by molar-refractivity contribution is 5.85. The SMILES string of the molecule is CC[C@@H](c1ccccc1OC(F)F)N1CCNCC1.Cl. The Morgan fingerprint density at radius 2 is 1.90 bits per heavy atom. The van der Waals surface area contributed by atoms with E-state index in [1.165, 1.54) is 0 Å². The maximum absolute atomic E-state index is 12.5. The van der Waals surface area contributed by atoms with Crippen LogP contribution >= 0.6 is 12.4 Å². The smallest absolute Gasteiger partial charge is 0.387 e. The number of nitrogens with zero attached hydrogens (tertiary/aromatic N) is 1. The van der Waals surface area contributed by atoms with E-state index in [9.17, 15) is 8.78 Å². The number of hydrogen-bond donors (Lipinski definition) is 1. The predicted molar refractivity (Wildman–Crippen MR) is 77.8 cm³/mol. The molecule has 20 heavy (non-hydrogen) atoms. The minimum Gasteiger partial charge on any atom is -0.434 e. The normalized spacial score (nSPS) is 17.6. The van der Waals surface area contributed by atoms with Crippen molar-refractivity contribution in [1.82, 2.24) is 10.2 Å². The zero-order valence-corrected chi connectivity index (χ0v) is 12.3. The molecule has 0 aliphatic carbocycles. The zero-order chi connectivity index (χ0) is 13.7. The van der Waals surface area contributed by atoms with Crippen LogP contribution in [0.3, 0.4) is 0 Å². The number of nitrogens with one attached hydrogen (secondary N) is 1. The molecule has 0 unspecified atom stereocenters. The van der Waals surface area contributed by atoms with Crippen LogP contribution in [-0.2, 0) is 0 Å². The summed E-state index contributed by atoms with van der Waals surface area (Å²) in [7, 11) is 0. The van der Waals surface area contributed by atoms with Crippen LogP contribution in [-0.4, -0.2) is 37.7 Å². The average Bonchev–Trinajstić information content (AvgIpc) is 2.42. The minimum atomic E-state index is -2.78. The molecule has 1 N–H and O–H groups in total. The molecule has 114 valence electrons. The van der Waals surface area contributed by atoms with Crippen molar-refractivity contribution < 1.29 is 13.5 Å². The van der Waals surface area contributed by atoms with E-state index in [1.807, 2.05) is 12.1 Å². The van der Waals surface area contributed by atoms with Crippen LogP contribution in [0.1, 0.15) is 24.9 Å². The number of ether oxygens (including phenoxy) is 1. The Hall–Kier alpha value is -0.910. The van der Waals surface area contributed by atoms with Crippen molar-refractivity contribution in [3.05, 3.63) is 29.8 Å². The van der Waals surface area contributed by atoms with E-state index in [-0.39, 0.29) is 18.4 Å². The van der Waals surface area contributed by atoms with E-state index in [2.05, 4.69) is 21.9 Å². The molecule has 1 fully saturated rings. The molecule has 1 aliphatic heterocycles. The fraction of sp³-hybridized carbons (Fsp3) is 0.571. The van der Waals surface area contributed by atoms with Crippen LogP contribution in [0.4, 0.5) is 8.78 Å². The second-order valence-electron chi connectivity index (χ2n) is 4.63. The number of piperazine rings is 1. The summed E-state index contributed by atoms with van der Waals surface area (Å²) in [6, 6.07) is 7.24. The molecule has 6 heteroatoms. The molecular formula is C14H21ClF2N2O. The van der Waals surface area contributed by atoms with Crippen molar-refractivity contribution in [2.75, 3.05) is 26.2 Å². The van der Waals surface area contributed by atoms with Gasteiger partial charge in [0.2, 0.25) is 0 Å². The van der Waals surface area contributed by atoms with Crippen LogP contribution < -0.4 is 10.1 Å². The molecule has 0 amide bonds. The van der Waals surface area contributed by atoms with Gasteiger partial charge >= 0.3 is 6.61 Å². The van der Waals surface area contributed by atoms with Gasteiger partial charge in [0.1, 0.15) is 5.75 Å². The van der Waals surface area contributed by atoms with Gasteiger partial charge in [0.25, 0.3) is 0 Å². The van der Waals surface area contributed by atoms with E-state index >= 15 is 0 Å². The third kappa shape index (κ3) is 4.30. The molecule has 1 heterocycles. The number of benzene rings is 1. The van der Waals surface area contributed by atoms with Gasteiger partial charge in [0, 0.05) is 37.8 Å². The highest BCUT2D eigenvalue weighted by Gasteiger charge is 2.23. The molecule has 0 radical (unpaired) electrons. The molecular weight excluding hydrogens is 286 g/mol. The van der Waals surface area contributed by atoms with Gasteiger partial charge in [0.05, 0.1) is 0 Å². The third-order valence-corrected chi connectivity index (χ3v) is 3.47. The van der Waals surface area contributed by atoms with Crippen molar-refractivity contribution in [3.8, 4) is 5.75 Å². The van der Waals surface area contributed by atoms with Gasteiger partial charge in [-0.1, -0.05) is 25.1 Å². The Morgan fingerprint density at radius 3 is 2.50 bits per heavy atom. The maximum Gasteiger partial charge on any atom is 0.387 e. The Balaban J connectivity index is 0.00000200. The molecule has 1 saturated heterocycles. The van der Waals surface area contributed by atoms with Gasteiger partial charge in [-0.25, -0.2) is 0 Å². The first-order valence-electron chi connectivity index (χ1n) is 6.71. The third-order valence-electron chi connectivity index (χ3n) is 3.47. The van der Waals surface area contributed by atoms with E-state index < -0.39 is 6.61 Å². The molecule has 0 spiro atoms. The first-order valence-corrected chi connectivity index (χ1v) is 6.71. The van der Waals surface area contributed by atoms with Gasteiger partial charge in [-0.05, 0) is 12.5 Å². The van der Waals surface area contributed by atoms with Gasteiger partial charge in [-0.3, -0.25) is 4.90 Å². The van der Waals surface area contributed by atoms with Gasteiger partial charge in [0.15, 0.2) is 0 Å². The molecule has 2 rings (SSSR count). The molecule has 3 nitrogen and oxygen atoms in total. The molecule has 0 bridgehead atoms. The lowest BCUT2D eigenvalue weighted by Crippen LogP contribution is -2.45. The minimum absolute atomic E-state index is 0. The lowest BCUT2D eigenvalue weighted by atomic mass is 10.0. The standard InChI is InChI=1S/C14H20F2N2O.ClH/c1-2-12(18-9-7-17-8-10-18)11-5-3-4-6-13(11)19-14(15)16;/h3-6,12,14,17H,2,7-10H2,1H3;1H/t12-;/m0./s1. The summed E-state index contributed by atoms with van der Waals surface area (Å²) in [6.45, 7) is 3.04. The van der Waals surface area contributed by atoms with Crippen LogP contribution in [0.15, 0.2) is 24.3 Å². The summed E-state index contributed by atoms with van der Waals surface area (Å²) in [5.41, 5.74) is 0.854. The highest BCUT2D eigenvalue weighted by Crippen LogP contribution is 2.32. The Bertz CT molecular complexity index is 401. The molecule has 0 saturated carbocycles. The Morgan fingerprint density at radius 1 is 1.25 bits per heavy atom. The molecule has 1 aliphatic rings. The van der Waals surface area contributed by atoms with Crippen LogP contribution in [0, 0.1) is 0 Å². The Kier molecular flexibility index (Phi) is 7.19. The zero-order valence-electron chi connectivity index (χ0n) is 11.5. The summed E-state index contributed by atoms with van der Waals surface area (Å²) in [5.74, 6) is 0.294. The van der Waals surface area contributed by atoms with Crippen molar-refractivity contribution in [2.45, 2.75) is 26.0 Å². The van der Waals surface area contributed by atoms with Crippen LogP contribution in [0.5, 0.6) is 5.75 Å². The second-order valence-corrected chi connectivity index (χ2v) is 4.63. The highest BCUT2D eigenvalue weighted by atomic mass is 35.5. The average molecular weight is 307 g/mol. The number of hydrogen-bond acceptors (Lipinski definition) is 3. The number of para-hydroxylation sites is 1. The maximum atomic E-state index is 12.5. The number of rotatable bonds is 5. The largest absolute Gasteiger partial charge is 0.434 e. The van der Waals surface area contributed by atoms with E-state index in [4.69, 9.17) is 0 Å². The van der Waals surface area contributed by atoms with Gasteiger partial charge in [-0.15, -0.1) is 12.4 Å². The summed E-state index contributed by atoms with van der Waals surface area (Å²) >= 11 is 0. The molecule has 1 aromatic carbocycles. The van der Waals surface area contributed by atoms with E-state index in [1.54, 1.807) is 12.1 Å². The van der Waals surface area contributed by atoms with Crippen LogP contribution in [0.2, 0.25) is 0 Å². The van der Waals surface area contributed by atoms with Crippen molar-refractivity contribution in [2.24, 2.45) is 0 Å². The molecule has 0 aromatic heterocycles. The van der Waals surface area contributed by atoms with E-state index in [0.717, 1.165) is 38.2 Å². The lowest BCUT2D eigenvalue weighted by Gasteiger charge is -2.35. The van der Waals surface area contributed by atoms with Gasteiger partial charge < -0.3 is 10.1 Å². The predicted octanol–water partition coefficient (Wildman–Crippen LogP) is 3.07. The first-order chi connectivity index (χ1) is 9.22.